The van der Waals surface area contributed by atoms with Crippen LogP contribution >= 0.6 is 0 Å². The molecule has 0 saturated carbocycles. The van der Waals surface area contributed by atoms with E-state index in [4.69, 9.17) is 9.47 Å². The molecule has 0 spiro atoms. The minimum absolute atomic E-state index is 0.00193. The summed E-state index contributed by atoms with van der Waals surface area (Å²) in [5.41, 5.74) is 6.73. The number of benzene rings is 4. The van der Waals surface area contributed by atoms with Crippen LogP contribution in [-0.2, 0) is 22.6 Å². The van der Waals surface area contributed by atoms with Crippen molar-refractivity contribution in [3.63, 3.8) is 0 Å². The highest BCUT2D eigenvalue weighted by Crippen LogP contribution is 2.40. The van der Waals surface area contributed by atoms with Gasteiger partial charge in [0.25, 0.3) is 11.8 Å². The third-order valence-corrected chi connectivity index (χ3v) is 10.9. The molecule has 258 valence electrons. The molecule has 0 bridgehead atoms. The van der Waals surface area contributed by atoms with Gasteiger partial charge in [-0.05, 0) is 97.4 Å². The molecule has 4 heterocycles. The minimum Gasteiger partial charge on any atom is -0.392 e. The van der Waals surface area contributed by atoms with Gasteiger partial charge >= 0.3 is 0 Å². The maximum Gasteiger partial charge on any atom is 0.261 e. The van der Waals surface area contributed by atoms with Crippen LogP contribution in [0.2, 0.25) is 0 Å². The summed E-state index contributed by atoms with van der Waals surface area (Å²) in [5, 5.41) is 9.63. The van der Waals surface area contributed by atoms with E-state index < -0.39 is 6.29 Å². The van der Waals surface area contributed by atoms with E-state index in [9.17, 15) is 14.7 Å². The van der Waals surface area contributed by atoms with Crippen molar-refractivity contribution in [3.8, 4) is 11.1 Å². The highest BCUT2D eigenvalue weighted by atomic mass is 16.7. The second-order valence-corrected chi connectivity index (χ2v) is 14.2. The van der Waals surface area contributed by atoms with Gasteiger partial charge in [0, 0.05) is 31.1 Å². The first-order chi connectivity index (χ1) is 24.5. The molecular weight excluding hydrogens is 626 g/mol. The Kier molecular flexibility index (Phi) is 9.62. The zero-order valence-electron chi connectivity index (χ0n) is 28.5. The van der Waals surface area contributed by atoms with Gasteiger partial charge in [0.05, 0.1) is 36.5 Å². The van der Waals surface area contributed by atoms with Crippen LogP contribution in [0.4, 0.5) is 0 Å². The average Bonchev–Trinajstić information content (AvgIpc) is 3.90. The maximum atomic E-state index is 13.0. The van der Waals surface area contributed by atoms with Crippen molar-refractivity contribution in [2.45, 2.75) is 69.8 Å². The molecule has 1 N–H and O–H groups in total. The summed E-state index contributed by atoms with van der Waals surface area (Å²) in [6, 6.07) is 32.0. The standard InChI is InChI=1S/C42H45N3O5/c46-28-29-15-17-31(18-16-29)39-24-36(27-44-21-7-12-35(44)26-43-19-3-4-20-43)49-42(50-39)34-11-6-10-33(23-34)32-9-5-8-30(22-32)25-45-40(47)37-13-1-2-14-38(37)41(45)48/h1-2,5-6,8-11,13-18,22-23,35-36,39,42,46H,3-4,7,12,19-21,24-28H2/t35-,36-,39+,42+/m0/s1. The fourth-order valence-corrected chi connectivity index (χ4v) is 8.18. The second-order valence-electron chi connectivity index (χ2n) is 14.2. The Hall–Kier alpha value is -4.18. The molecule has 4 aliphatic rings. The fraction of sp³-hybridized carbons (Fsp3) is 0.381. The van der Waals surface area contributed by atoms with E-state index in [1.54, 1.807) is 24.3 Å². The van der Waals surface area contributed by atoms with E-state index in [-0.39, 0.29) is 37.2 Å². The van der Waals surface area contributed by atoms with Crippen molar-refractivity contribution >= 4 is 11.8 Å². The third kappa shape index (κ3) is 6.91. The van der Waals surface area contributed by atoms with Crippen LogP contribution in [0, 0.1) is 0 Å². The summed E-state index contributed by atoms with van der Waals surface area (Å²) in [6.07, 6.45) is 5.17. The number of amides is 2. The monoisotopic (exact) mass is 671 g/mol. The van der Waals surface area contributed by atoms with Gasteiger partial charge in [0.2, 0.25) is 0 Å². The van der Waals surface area contributed by atoms with Crippen molar-refractivity contribution in [3.05, 3.63) is 130 Å². The lowest BCUT2D eigenvalue weighted by Gasteiger charge is -2.39. The Labute approximate surface area is 294 Å². The van der Waals surface area contributed by atoms with Gasteiger partial charge in [-0.2, -0.15) is 0 Å². The number of carbonyl (C=O) groups excluding carboxylic acids is 2. The Morgan fingerprint density at radius 2 is 1.40 bits per heavy atom. The summed E-state index contributed by atoms with van der Waals surface area (Å²) < 4.78 is 13.5. The molecule has 0 radical (unpaired) electrons. The number of aliphatic hydroxyl groups is 1. The number of aliphatic hydroxyl groups excluding tert-OH is 1. The fourth-order valence-electron chi connectivity index (χ4n) is 8.18. The molecule has 8 heteroatoms. The molecule has 3 saturated heterocycles. The van der Waals surface area contributed by atoms with Crippen LogP contribution in [0.1, 0.15) is 87.5 Å². The van der Waals surface area contributed by atoms with Crippen molar-refractivity contribution < 1.29 is 24.2 Å². The van der Waals surface area contributed by atoms with Gasteiger partial charge in [-0.15, -0.1) is 0 Å². The van der Waals surface area contributed by atoms with Crippen LogP contribution < -0.4 is 0 Å². The molecule has 0 aliphatic carbocycles. The molecule has 50 heavy (non-hydrogen) atoms. The average molecular weight is 672 g/mol. The topological polar surface area (TPSA) is 82.6 Å². The predicted octanol–water partition coefficient (Wildman–Crippen LogP) is 6.75. The minimum atomic E-state index is -0.544. The molecule has 4 aliphatic heterocycles. The lowest BCUT2D eigenvalue weighted by Crippen LogP contribution is -2.45. The lowest BCUT2D eigenvalue weighted by atomic mass is 9.98. The van der Waals surface area contributed by atoms with Gasteiger partial charge in [-0.25, -0.2) is 0 Å². The lowest BCUT2D eigenvalue weighted by molar-refractivity contribution is -0.253. The number of ether oxygens (including phenoxy) is 2. The molecular formula is C42H45N3O5. The summed E-state index contributed by atoms with van der Waals surface area (Å²) in [5.74, 6) is -0.507. The smallest absolute Gasteiger partial charge is 0.261 e. The van der Waals surface area contributed by atoms with E-state index in [0.29, 0.717) is 17.2 Å². The van der Waals surface area contributed by atoms with Crippen LogP contribution in [0.3, 0.4) is 0 Å². The van der Waals surface area contributed by atoms with E-state index in [1.807, 2.05) is 36.4 Å². The van der Waals surface area contributed by atoms with Crippen molar-refractivity contribution in [2.75, 3.05) is 32.7 Å². The Morgan fingerprint density at radius 3 is 2.14 bits per heavy atom. The van der Waals surface area contributed by atoms with E-state index in [2.05, 4.69) is 46.2 Å². The van der Waals surface area contributed by atoms with E-state index in [0.717, 1.165) is 59.4 Å². The zero-order valence-corrected chi connectivity index (χ0v) is 28.5. The SMILES string of the molecule is O=C1c2ccccc2C(=O)N1Cc1cccc(-c2cccc([C@@H]3O[C@H](CN4CCC[C@H]4CN4CCCC4)C[C@H](c4ccc(CO)cc4)O3)c2)c1. The van der Waals surface area contributed by atoms with Gasteiger partial charge in [0.15, 0.2) is 6.29 Å². The van der Waals surface area contributed by atoms with Crippen molar-refractivity contribution in [1.82, 2.24) is 14.7 Å². The van der Waals surface area contributed by atoms with E-state index >= 15 is 0 Å². The summed E-state index contributed by atoms with van der Waals surface area (Å²) >= 11 is 0. The van der Waals surface area contributed by atoms with Crippen LogP contribution in [-0.4, -0.2) is 76.5 Å². The number of fused-ring (bicyclic) bond motifs is 1. The summed E-state index contributed by atoms with van der Waals surface area (Å²) in [7, 11) is 0. The number of rotatable bonds is 10. The first-order valence-corrected chi connectivity index (χ1v) is 18.1. The molecule has 8 rings (SSSR count). The van der Waals surface area contributed by atoms with Gasteiger partial charge < -0.3 is 19.5 Å². The largest absolute Gasteiger partial charge is 0.392 e. The number of hydrogen-bond acceptors (Lipinski definition) is 7. The first kappa shape index (κ1) is 33.0. The first-order valence-electron chi connectivity index (χ1n) is 18.1. The molecule has 8 nitrogen and oxygen atoms in total. The van der Waals surface area contributed by atoms with Crippen molar-refractivity contribution in [2.24, 2.45) is 0 Å². The number of imide groups is 1. The molecule has 0 aromatic heterocycles. The molecule has 4 atom stereocenters. The van der Waals surface area contributed by atoms with Gasteiger partial charge in [-0.3, -0.25) is 19.4 Å². The normalized spacial score (nSPS) is 24.3. The van der Waals surface area contributed by atoms with Crippen molar-refractivity contribution in [1.29, 1.82) is 0 Å². The summed E-state index contributed by atoms with van der Waals surface area (Å²) in [4.78, 5) is 32.7. The van der Waals surface area contributed by atoms with Crippen LogP contribution in [0.25, 0.3) is 11.1 Å². The molecule has 4 aromatic carbocycles. The highest BCUT2D eigenvalue weighted by Gasteiger charge is 2.37. The highest BCUT2D eigenvalue weighted by molar-refractivity contribution is 6.21. The number of likely N-dealkylation sites (tertiary alicyclic amines) is 2. The predicted molar refractivity (Wildman–Crippen MR) is 191 cm³/mol. The number of hydrogen-bond donors (Lipinski definition) is 1. The second kappa shape index (κ2) is 14.6. The number of nitrogens with zero attached hydrogens (tertiary/aromatic N) is 3. The van der Waals surface area contributed by atoms with Crippen LogP contribution in [0.15, 0.2) is 97.1 Å². The quantitative estimate of drug-likeness (QED) is 0.187. The third-order valence-electron chi connectivity index (χ3n) is 10.9. The molecule has 0 unspecified atom stereocenters. The summed E-state index contributed by atoms with van der Waals surface area (Å²) in [6.45, 7) is 5.78. The Balaban J connectivity index is 1.02. The maximum absolute atomic E-state index is 13.0. The van der Waals surface area contributed by atoms with Gasteiger partial charge in [-0.1, -0.05) is 72.8 Å². The van der Waals surface area contributed by atoms with E-state index in [1.165, 1.54) is 43.7 Å². The zero-order chi connectivity index (χ0) is 34.0. The van der Waals surface area contributed by atoms with Gasteiger partial charge in [0.1, 0.15) is 0 Å². The molecule has 4 aromatic rings. The Morgan fingerprint density at radius 1 is 0.680 bits per heavy atom. The van der Waals surface area contributed by atoms with Crippen LogP contribution in [0.5, 0.6) is 0 Å². The number of carbonyl (C=O) groups is 2. The Bertz CT molecular complexity index is 1800. The molecule has 2 amide bonds. The molecule has 3 fully saturated rings.